The summed E-state index contributed by atoms with van der Waals surface area (Å²) in [5.74, 6) is 2.39. The van der Waals surface area contributed by atoms with Crippen molar-refractivity contribution in [2.24, 2.45) is 5.92 Å². The minimum Gasteiger partial charge on any atom is -0.494 e. The van der Waals surface area contributed by atoms with Crippen molar-refractivity contribution in [3.05, 3.63) is 59.2 Å². The first kappa shape index (κ1) is 21.8. The number of nitrogens with zero attached hydrogens (tertiary/aromatic N) is 2. The van der Waals surface area contributed by atoms with E-state index in [0.29, 0.717) is 18.1 Å². The highest BCUT2D eigenvalue weighted by molar-refractivity contribution is 9.10. The lowest BCUT2D eigenvalue weighted by Crippen LogP contribution is -2.35. The van der Waals surface area contributed by atoms with E-state index in [2.05, 4.69) is 27.8 Å². The zero-order valence-corrected chi connectivity index (χ0v) is 19.6. The van der Waals surface area contributed by atoms with Gasteiger partial charge in [0.15, 0.2) is 11.5 Å². The van der Waals surface area contributed by atoms with Crippen LogP contribution in [0.3, 0.4) is 0 Å². The van der Waals surface area contributed by atoms with Gasteiger partial charge in [0, 0.05) is 28.8 Å². The SMILES string of the molecule is COc1ccc(-n2ccc(-c3ccc(Br)cc3)c2O)cc1OCCN1CCC(C)CC1. The van der Waals surface area contributed by atoms with Gasteiger partial charge in [-0.2, -0.15) is 0 Å². The van der Waals surface area contributed by atoms with E-state index in [1.807, 2.05) is 54.7 Å². The molecule has 0 spiro atoms. The molecule has 6 heteroatoms. The number of aromatic nitrogens is 1. The summed E-state index contributed by atoms with van der Waals surface area (Å²) in [5, 5.41) is 10.9. The normalized spacial score (nSPS) is 15.2. The molecular weight excluding hydrogens is 456 g/mol. The average molecular weight is 485 g/mol. The molecule has 1 saturated heterocycles. The van der Waals surface area contributed by atoms with Crippen LogP contribution in [0.15, 0.2) is 59.2 Å². The van der Waals surface area contributed by atoms with Gasteiger partial charge in [0.1, 0.15) is 6.61 Å². The Kier molecular flexibility index (Phi) is 6.88. The monoisotopic (exact) mass is 484 g/mol. The van der Waals surface area contributed by atoms with Crippen LogP contribution in [0.4, 0.5) is 0 Å². The van der Waals surface area contributed by atoms with Crippen LogP contribution in [0, 0.1) is 5.92 Å². The fourth-order valence-corrected chi connectivity index (χ4v) is 4.25. The van der Waals surface area contributed by atoms with Gasteiger partial charge in [-0.25, -0.2) is 0 Å². The second-order valence-corrected chi connectivity index (χ2v) is 9.05. The molecule has 0 aliphatic carbocycles. The van der Waals surface area contributed by atoms with Crippen molar-refractivity contribution in [1.29, 1.82) is 0 Å². The molecule has 2 aromatic carbocycles. The van der Waals surface area contributed by atoms with E-state index in [1.54, 1.807) is 11.7 Å². The summed E-state index contributed by atoms with van der Waals surface area (Å²) in [7, 11) is 1.65. The maximum absolute atomic E-state index is 10.9. The molecule has 0 atom stereocenters. The first-order valence-electron chi connectivity index (χ1n) is 10.7. The molecule has 164 valence electrons. The fraction of sp³-hybridized carbons (Fsp3) is 0.360. The topological polar surface area (TPSA) is 46.9 Å². The maximum Gasteiger partial charge on any atom is 0.203 e. The molecule has 31 heavy (non-hydrogen) atoms. The van der Waals surface area contributed by atoms with Crippen molar-refractivity contribution in [1.82, 2.24) is 9.47 Å². The van der Waals surface area contributed by atoms with Crippen LogP contribution in [0.2, 0.25) is 0 Å². The van der Waals surface area contributed by atoms with Crippen LogP contribution in [0.25, 0.3) is 16.8 Å². The average Bonchev–Trinajstić information content (AvgIpc) is 3.17. The van der Waals surface area contributed by atoms with Gasteiger partial charge < -0.3 is 14.6 Å². The lowest BCUT2D eigenvalue weighted by Gasteiger charge is -2.30. The number of hydrogen-bond acceptors (Lipinski definition) is 4. The molecule has 5 nitrogen and oxygen atoms in total. The molecule has 0 saturated carbocycles. The summed E-state index contributed by atoms with van der Waals surface area (Å²) in [6.45, 7) is 6.11. The molecule has 3 aromatic rings. The number of halogens is 1. The van der Waals surface area contributed by atoms with Crippen molar-refractivity contribution in [3.8, 4) is 34.2 Å². The highest BCUT2D eigenvalue weighted by Crippen LogP contribution is 2.36. The Balaban J connectivity index is 1.50. The Morgan fingerprint density at radius 1 is 1.03 bits per heavy atom. The van der Waals surface area contributed by atoms with Crippen LogP contribution >= 0.6 is 15.9 Å². The number of likely N-dealkylation sites (tertiary alicyclic amines) is 1. The molecule has 4 rings (SSSR count). The molecule has 1 aliphatic heterocycles. The van der Waals surface area contributed by atoms with E-state index in [-0.39, 0.29) is 5.88 Å². The third kappa shape index (κ3) is 5.08. The number of rotatable bonds is 7. The highest BCUT2D eigenvalue weighted by atomic mass is 79.9. The summed E-state index contributed by atoms with van der Waals surface area (Å²) < 4.78 is 14.4. The smallest absolute Gasteiger partial charge is 0.203 e. The number of methoxy groups -OCH3 is 1. The summed E-state index contributed by atoms with van der Waals surface area (Å²) in [6.07, 6.45) is 4.38. The minimum atomic E-state index is 0.195. The van der Waals surface area contributed by atoms with Gasteiger partial charge in [-0.1, -0.05) is 35.0 Å². The Bertz CT molecular complexity index is 1010. The van der Waals surface area contributed by atoms with Crippen molar-refractivity contribution in [3.63, 3.8) is 0 Å². The van der Waals surface area contributed by atoms with Gasteiger partial charge in [0.05, 0.1) is 12.8 Å². The summed E-state index contributed by atoms with van der Waals surface area (Å²) in [4.78, 5) is 2.46. The molecule has 0 radical (unpaired) electrons. The van der Waals surface area contributed by atoms with Crippen molar-refractivity contribution in [2.45, 2.75) is 19.8 Å². The van der Waals surface area contributed by atoms with Crippen LogP contribution < -0.4 is 9.47 Å². The van der Waals surface area contributed by atoms with E-state index in [0.717, 1.165) is 46.8 Å². The molecule has 1 fully saturated rings. The first-order valence-corrected chi connectivity index (χ1v) is 11.5. The molecular formula is C25H29BrN2O3. The number of aromatic hydroxyl groups is 1. The maximum atomic E-state index is 10.9. The number of ether oxygens (including phenoxy) is 2. The van der Waals surface area contributed by atoms with Crippen LogP contribution in [0.1, 0.15) is 19.8 Å². The van der Waals surface area contributed by atoms with Gasteiger partial charge in [0.2, 0.25) is 5.88 Å². The second-order valence-electron chi connectivity index (χ2n) is 8.14. The number of piperidine rings is 1. The zero-order chi connectivity index (χ0) is 21.8. The van der Waals surface area contributed by atoms with Gasteiger partial charge >= 0.3 is 0 Å². The molecule has 1 N–H and O–H groups in total. The largest absolute Gasteiger partial charge is 0.494 e. The lowest BCUT2D eigenvalue weighted by atomic mass is 9.99. The van der Waals surface area contributed by atoms with Gasteiger partial charge in [0.25, 0.3) is 0 Å². The molecule has 1 aromatic heterocycles. The molecule has 0 amide bonds. The second kappa shape index (κ2) is 9.79. The predicted molar refractivity (Wildman–Crippen MR) is 127 cm³/mol. The van der Waals surface area contributed by atoms with E-state index in [9.17, 15) is 5.11 Å². The quantitative estimate of drug-likeness (QED) is 0.464. The van der Waals surface area contributed by atoms with Gasteiger partial charge in [-0.15, -0.1) is 0 Å². The Morgan fingerprint density at radius 2 is 1.77 bits per heavy atom. The zero-order valence-electron chi connectivity index (χ0n) is 18.1. The summed E-state index contributed by atoms with van der Waals surface area (Å²) in [5.41, 5.74) is 2.56. The Hall–Kier alpha value is -2.44. The van der Waals surface area contributed by atoms with Crippen LogP contribution in [-0.4, -0.2) is 47.9 Å². The first-order chi connectivity index (χ1) is 15.0. The predicted octanol–water partition coefficient (Wildman–Crippen LogP) is 5.73. The molecule has 0 bridgehead atoms. The van der Waals surface area contributed by atoms with E-state index < -0.39 is 0 Å². The van der Waals surface area contributed by atoms with Gasteiger partial charge in [-0.05, 0) is 67.7 Å². The lowest BCUT2D eigenvalue weighted by molar-refractivity contribution is 0.158. The van der Waals surface area contributed by atoms with Gasteiger partial charge in [-0.3, -0.25) is 9.47 Å². The molecule has 1 aliphatic rings. The third-order valence-corrected chi connectivity index (χ3v) is 6.51. The number of hydrogen-bond donors (Lipinski definition) is 1. The van der Waals surface area contributed by atoms with Crippen LogP contribution in [0.5, 0.6) is 17.4 Å². The third-order valence-electron chi connectivity index (χ3n) is 5.98. The van der Waals surface area contributed by atoms with E-state index in [1.165, 1.54) is 12.8 Å². The molecule has 2 heterocycles. The van der Waals surface area contributed by atoms with Crippen molar-refractivity contribution < 1.29 is 14.6 Å². The molecule has 0 unspecified atom stereocenters. The standard InChI is InChI=1S/C25H29BrN2O3/c1-18-9-12-27(13-10-18)15-16-31-24-17-21(7-8-23(24)30-2)28-14-11-22(25(28)29)19-3-5-20(26)6-4-19/h3-8,11,14,17-18,29H,9-10,12-13,15-16H2,1-2H3. The Labute approximate surface area is 192 Å². The van der Waals surface area contributed by atoms with Crippen molar-refractivity contribution in [2.75, 3.05) is 33.4 Å². The van der Waals surface area contributed by atoms with Crippen molar-refractivity contribution >= 4 is 15.9 Å². The van der Waals surface area contributed by atoms with E-state index in [4.69, 9.17) is 9.47 Å². The Morgan fingerprint density at radius 3 is 2.48 bits per heavy atom. The summed E-state index contributed by atoms with van der Waals surface area (Å²) in [6, 6.07) is 15.5. The van der Waals surface area contributed by atoms with Crippen LogP contribution in [-0.2, 0) is 0 Å². The highest BCUT2D eigenvalue weighted by Gasteiger charge is 2.17. The summed E-state index contributed by atoms with van der Waals surface area (Å²) >= 11 is 3.45. The minimum absolute atomic E-state index is 0.195. The van der Waals surface area contributed by atoms with E-state index >= 15 is 0 Å². The fourth-order valence-electron chi connectivity index (χ4n) is 3.99. The number of benzene rings is 2.